The quantitative estimate of drug-likeness (QED) is 0.156. The molecule has 5 nitrogen and oxygen atoms in total. The lowest BCUT2D eigenvalue weighted by molar-refractivity contribution is -0.153. The fourth-order valence-corrected chi connectivity index (χ4v) is 7.80. The van der Waals surface area contributed by atoms with Crippen LogP contribution in [-0.2, 0) is 9.53 Å². The largest absolute Gasteiger partial charge is 0.465 e. The Morgan fingerprint density at radius 3 is 2.62 bits per heavy atom. The zero-order valence-corrected chi connectivity index (χ0v) is 24.5. The highest BCUT2D eigenvalue weighted by Crippen LogP contribution is 2.59. The molecular formula is C34H52O5. The number of carbonyl (C=O) groups excluding carboxylic acids is 1. The minimum Gasteiger partial charge on any atom is -0.465 e. The van der Waals surface area contributed by atoms with Crippen LogP contribution in [0.2, 0.25) is 0 Å². The second-order valence-electron chi connectivity index (χ2n) is 13.2. The van der Waals surface area contributed by atoms with Crippen LogP contribution in [0.5, 0.6) is 0 Å². The highest BCUT2D eigenvalue weighted by Gasteiger charge is 2.56. The van der Waals surface area contributed by atoms with Gasteiger partial charge in [0.2, 0.25) is 0 Å². The van der Waals surface area contributed by atoms with Crippen molar-refractivity contribution in [2.75, 3.05) is 6.61 Å². The molecule has 3 N–H and O–H groups in total. The Bertz CT molecular complexity index is 972. The Labute approximate surface area is 236 Å². The van der Waals surface area contributed by atoms with Gasteiger partial charge in [-0.1, -0.05) is 76.5 Å². The maximum absolute atomic E-state index is 12.7. The minimum atomic E-state index is -0.782. The van der Waals surface area contributed by atoms with Crippen LogP contribution in [0.25, 0.3) is 0 Å². The molecule has 7 atom stereocenters. The minimum absolute atomic E-state index is 0.203. The molecule has 5 heteroatoms. The second kappa shape index (κ2) is 12.9. The molecule has 0 saturated heterocycles. The summed E-state index contributed by atoms with van der Waals surface area (Å²) in [5.74, 6) is 1.14. The lowest BCUT2D eigenvalue weighted by Gasteiger charge is -2.44. The molecule has 0 bridgehead atoms. The molecule has 0 aromatic rings. The average Bonchev–Trinajstić information content (AvgIpc) is 3.64. The van der Waals surface area contributed by atoms with E-state index in [1.165, 1.54) is 12.0 Å². The molecule has 0 unspecified atom stereocenters. The SMILES string of the molecule is C=C1C(=CC=C2CCC[C@]3(C)[C@@H]([C@H](C)C=C[C@@H](O)C4(C(=O)OCCCCCC)CC4)CC[C@@H]23)C[C@@H](O)C[C@@H]1O. The van der Waals surface area contributed by atoms with E-state index in [2.05, 4.69) is 45.6 Å². The van der Waals surface area contributed by atoms with E-state index in [9.17, 15) is 20.1 Å². The maximum atomic E-state index is 12.7. The van der Waals surface area contributed by atoms with E-state index in [4.69, 9.17) is 4.74 Å². The van der Waals surface area contributed by atoms with E-state index < -0.39 is 23.7 Å². The molecule has 4 rings (SSSR count). The van der Waals surface area contributed by atoms with E-state index in [0.29, 0.717) is 50.0 Å². The first-order valence-corrected chi connectivity index (χ1v) is 15.6. The van der Waals surface area contributed by atoms with Crippen molar-refractivity contribution in [3.63, 3.8) is 0 Å². The van der Waals surface area contributed by atoms with Gasteiger partial charge < -0.3 is 20.1 Å². The number of aliphatic hydroxyl groups is 3. The second-order valence-corrected chi connectivity index (χ2v) is 13.2. The first kappa shape index (κ1) is 30.3. The Morgan fingerprint density at radius 2 is 1.90 bits per heavy atom. The molecular weight excluding hydrogens is 488 g/mol. The van der Waals surface area contributed by atoms with Gasteiger partial charge in [-0.3, -0.25) is 4.79 Å². The Hall–Kier alpha value is -1.69. The van der Waals surface area contributed by atoms with Crippen LogP contribution < -0.4 is 0 Å². The van der Waals surface area contributed by atoms with Crippen LogP contribution in [0.1, 0.15) is 104 Å². The highest BCUT2D eigenvalue weighted by atomic mass is 16.5. The third-order valence-corrected chi connectivity index (χ3v) is 10.5. The van der Waals surface area contributed by atoms with Crippen LogP contribution >= 0.6 is 0 Å². The van der Waals surface area contributed by atoms with Crippen LogP contribution in [0.4, 0.5) is 0 Å². The van der Waals surface area contributed by atoms with Gasteiger partial charge in [0, 0.05) is 6.42 Å². The number of hydrogen-bond donors (Lipinski definition) is 3. The molecule has 0 heterocycles. The highest BCUT2D eigenvalue weighted by molar-refractivity contribution is 5.81. The predicted molar refractivity (Wildman–Crippen MR) is 156 cm³/mol. The molecule has 4 aliphatic rings. The summed E-state index contributed by atoms with van der Waals surface area (Å²) >= 11 is 0. The molecule has 0 spiro atoms. The summed E-state index contributed by atoms with van der Waals surface area (Å²) in [6, 6.07) is 0. The Balaban J connectivity index is 1.37. The van der Waals surface area contributed by atoms with Crippen molar-refractivity contribution in [3.05, 3.63) is 47.6 Å². The van der Waals surface area contributed by atoms with Gasteiger partial charge >= 0.3 is 5.97 Å². The van der Waals surface area contributed by atoms with Crippen molar-refractivity contribution >= 4 is 5.97 Å². The van der Waals surface area contributed by atoms with Crippen molar-refractivity contribution in [2.24, 2.45) is 28.6 Å². The molecule has 39 heavy (non-hydrogen) atoms. The number of rotatable bonds is 11. The summed E-state index contributed by atoms with van der Waals surface area (Å²) in [5.41, 5.74) is 2.66. The maximum Gasteiger partial charge on any atom is 0.315 e. The molecule has 4 saturated carbocycles. The Morgan fingerprint density at radius 1 is 1.13 bits per heavy atom. The van der Waals surface area contributed by atoms with Crippen molar-refractivity contribution in [1.82, 2.24) is 0 Å². The van der Waals surface area contributed by atoms with Gasteiger partial charge in [-0.2, -0.15) is 0 Å². The Kier molecular flexibility index (Phi) is 9.99. The third kappa shape index (κ3) is 6.63. The number of hydrogen-bond acceptors (Lipinski definition) is 5. The van der Waals surface area contributed by atoms with Gasteiger partial charge in [0.15, 0.2) is 0 Å². The van der Waals surface area contributed by atoms with E-state index in [1.54, 1.807) is 0 Å². The molecule has 4 aliphatic carbocycles. The first-order chi connectivity index (χ1) is 18.6. The lowest BCUT2D eigenvalue weighted by atomic mass is 9.61. The lowest BCUT2D eigenvalue weighted by Crippen LogP contribution is -2.36. The fourth-order valence-electron chi connectivity index (χ4n) is 7.80. The molecule has 218 valence electrons. The van der Waals surface area contributed by atoms with E-state index in [0.717, 1.165) is 62.5 Å². The average molecular weight is 541 g/mol. The van der Waals surface area contributed by atoms with E-state index in [-0.39, 0.29) is 11.4 Å². The van der Waals surface area contributed by atoms with Crippen molar-refractivity contribution in [2.45, 2.75) is 123 Å². The number of allylic oxidation sites excluding steroid dienone is 4. The van der Waals surface area contributed by atoms with Gasteiger partial charge in [-0.05, 0) is 92.1 Å². The summed E-state index contributed by atoms with van der Waals surface area (Å²) in [6.45, 7) is 11.4. The summed E-state index contributed by atoms with van der Waals surface area (Å²) in [7, 11) is 0. The monoisotopic (exact) mass is 540 g/mol. The summed E-state index contributed by atoms with van der Waals surface area (Å²) in [6.07, 6.45) is 18.9. The summed E-state index contributed by atoms with van der Waals surface area (Å²) in [4.78, 5) is 12.7. The molecule has 0 aromatic carbocycles. The van der Waals surface area contributed by atoms with Crippen LogP contribution in [0, 0.1) is 28.6 Å². The topological polar surface area (TPSA) is 87.0 Å². The normalized spacial score (nSPS) is 35.8. The summed E-state index contributed by atoms with van der Waals surface area (Å²) < 4.78 is 5.55. The third-order valence-electron chi connectivity index (χ3n) is 10.5. The number of esters is 1. The van der Waals surface area contributed by atoms with Crippen LogP contribution in [-0.4, -0.2) is 46.2 Å². The van der Waals surface area contributed by atoms with E-state index in [1.807, 2.05) is 6.08 Å². The van der Waals surface area contributed by atoms with Crippen molar-refractivity contribution in [3.8, 4) is 0 Å². The molecule has 0 amide bonds. The van der Waals surface area contributed by atoms with Gasteiger partial charge in [-0.25, -0.2) is 0 Å². The van der Waals surface area contributed by atoms with Gasteiger partial charge in [-0.15, -0.1) is 0 Å². The molecule has 0 radical (unpaired) electrons. The molecule has 4 fully saturated rings. The standard InChI is InChI=1S/C34H52O5/c1-5-6-7-8-20-39-32(38)34(18-19-34)31(37)16-11-23(2)28-14-15-29-25(10-9-17-33(28,29)4)12-13-26-21-27(35)22-30(36)24(26)3/h11-13,16,23,27-31,35-37H,3,5-10,14-15,17-22H2,1-2,4H3/t23-,27-,28-,29+,30+,31-,33-/m1/s1. The molecule has 0 aliphatic heterocycles. The zero-order valence-electron chi connectivity index (χ0n) is 24.5. The zero-order chi connectivity index (χ0) is 28.2. The number of aliphatic hydroxyl groups excluding tert-OH is 3. The first-order valence-electron chi connectivity index (χ1n) is 15.6. The number of carbonyl (C=O) groups is 1. The van der Waals surface area contributed by atoms with Gasteiger partial charge in [0.25, 0.3) is 0 Å². The fraction of sp³-hybridized carbons (Fsp3) is 0.735. The van der Waals surface area contributed by atoms with Crippen LogP contribution in [0.15, 0.2) is 47.6 Å². The summed E-state index contributed by atoms with van der Waals surface area (Å²) in [5, 5.41) is 31.3. The van der Waals surface area contributed by atoms with E-state index >= 15 is 0 Å². The van der Waals surface area contributed by atoms with Gasteiger partial charge in [0.1, 0.15) is 0 Å². The number of fused-ring (bicyclic) bond motifs is 1. The number of ether oxygens (including phenoxy) is 1. The van der Waals surface area contributed by atoms with Crippen molar-refractivity contribution in [1.29, 1.82) is 0 Å². The predicted octanol–water partition coefficient (Wildman–Crippen LogP) is 6.58. The van der Waals surface area contributed by atoms with Crippen LogP contribution in [0.3, 0.4) is 0 Å². The van der Waals surface area contributed by atoms with Crippen molar-refractivity contribution < 1.29 is 24.9 Å². The smallest absolute Gasteiger partial charge is 0.315 e. The molecule has 0 aromatic heterocycles. The van der Waals surface area contributed by atoms with Gasteiger partial charge in [0.05, 0.1) is 30.3 Å². The number of unbranched alkanes of at least 4 members (excludes halogenated alkanes) is 3.